The van der Waals surface area contributed by atoms with E-state index in [4.69, 9.17) is 9.47 Å². The van der Waals surface area contributed by atoms with E-state index in [9.17, 15) is 0 Å². The summed E-state index contributed by atoms with van der Waals surface area (Å²) in [5, 5.41) is 6.77. The molecule has 1 aliphatic carbocycles. The zero-order chi connectivity index (χ0) is 17.0. The van der Waals surface area contributed by atoms with Crippen LogP contribution in [-0.4, -0.2) is 76.6 Å². The molecule has 0 aromatic rings. The molecule has 2 rings (SSSR count). The zero-order valence-corrected chi connectivity index (χ0v) is 15.6. The second-order valence-electron chi connectivity index (χ2n) is 6.77. The van der Waals surface area contributed by atoms with Gasteiger partial charge in [0.15, 0.2) is 5.96 Å². The first-order chi connectivity index (χ1) is 11.8. The minimum atomic E-state index is 0.689. The van der Waals surface area contributed by atoms with Crippen LogP contribution < -0.4 is 10.6 Å². The highest BCUT2D eigenvalue weighted by atomic mass is 16.5. The first kappa shape index (κ1) is 19.5. The number of nitrogens with zero attached hydrogens (tertiary/aromatic N) is 2. The second kappa shape index (κ2) is 11.7. The van der Waals surface area contributed by atoms with E-state index in [2.05, 4.69) is 27.4 Å². The van der Waals surface area contributed by atoms with Crippen molar-refractivity contribution in [2.45, 2.75) is 45.1 Å². The Kier molecular flexibility index (Phi) is 9.46. The van der Waals surface area contributed by atoms with Crippen LogP contribution in [0.5, 0.6) is 0 Å². The number of ether oxygens (including phenoxy) is 2. The van der Waals surface area contributed by atoms with Gasteiger partial charge in [0.25, 0.3) is 0 Å². The Morgan fingerprint density at radius 3 is 2.58 bits per heavy atom. The van der Waals surface area contributed by atoms with E-state index < -0.39 is 0 Å². The number of guanidine groups is 1. The Labute approximate surface area is 147 Å². The van der Waals surface area contributed by atoms with Crippen LogP contribution in [0, 0.1) is 5.92 Å². The Morgan fingerprint density at radius 1 is 1.17 bits per heavy atom. The minimum Gasteiger partial charge on any atom is -0.381 e. The molecular formula is C18H36N4O2. The second-order valence-corrected chi connectivity index (χ2v) is 6.77. The fraction of sp³-hybridized carbons (Fsp3) is 0.944. The van der Waals surface area contributed by atoms with Gasteiger partial charge in [-0.15, -0.1) is 0 Å². The monoisotopic (exact) mass is 340 g/mol. The van der Waals surface area contributed by atoms with Crippen LogP contribution >= 0.6 is 0 Å². The summed E-state index contributed by atoms with van der Waals surface area (Å²) < 4.78 is 11.2. The van der Waals surface area contributed by atoms with E-state index in [1.807, 2.05) is 7.05 Å². The lowest BCUT2D eigenvalue weighted by atomic mass is 10.0. The van der Waals surface area contributed by atoms with Gasteiger partial charge in [-0.05, 0) is 44.6 Å². The lowest BCUT2D eigenvalue weighted by Crippen LogP contribution is -2.42. The van der Waals surface area contributed by atoms with Crippen LogP contribution in [-0.2, 0) is 9.47 Å². The van der Waals surface area contributed by atoms with Gasteiger partial charge < -0.3 is 20.1 Å². The SMILES string of the molecule is CCN(CCNC(=NC)NCCCOCC1CCOCC1)C1CC1. The van der Waals surface area contributed by atoms with Gasteiger partial charge in [-0.2, -0.15) is 0 Å². The van der Waals surface area contributed by atoms with Crippen molar-refractivity contribution in [3.63, 3.8) is 0 Å². The summed E-state index contributed by atoms with van der Waals surface area (Å²) in [5.74, 6) is 1.58. The molecule has 0 atom stereocenters. The predicted octanol–water partition coefficient (Wildman–Crippen LogP) is 1.47. The molecule has 2 fully saturated rings. The van der Waals surface area contributed by atoms with Gasteiger partial charge in [-0.25, -0.2) is 0 Å². The normalized spacial score (nSPS) is 19.7. The van der Waals surface area contributed by atoms with Gasteiger partial charge in [-0.1, -0.05) is 6.92 Å². The van der Waals surface area contributed by atoms with Crippen LogP contribution in [0.3, 0.4) is 0 Å². The number of hydrogen-bond acceptors (Lipinski definition) is 4. The minimum absolute atomic E-state index is 0.689. The predicted molar refractivity (Wildman–Crippen MR) is 98.6 cm³/mol. The van der Waals surface area contributed by atoms with Crippen LogP contribution in [0.4, 0.5) is 0 Å². The Hall–Kier alpha value is -0.850. The van der Waals surface area contributed by atoms with Crippen molar-refractivity contribution in [1.29, 1.82) is 0 Å². The largest absolute Gasteiger partial charge is 0.381 e. The summed E-state index contributed by atoms with van der Waals surface area (Å²) >= 11 is 0. The third-order valence-corrected chi connectivity index (χ3v) is 4.84. The molecule has 0 amide bonds. The van der Waals surface area contributed by atoms with Gasteiger partial charge >= 0.3 is 0 Å². The van der Waals surface area contributed by atoms with E-state index in [1.165, 1.54) is 12.8 Å². The van der Waals surface area contributed by atoms with Crippen LogP contribution in [0.1, 0.15) is 39.0 Å². The van der Waals surface area contributed by atoms with Crippen LogP contribution in [0.25, 0.3) is 0 Å². The van der Waals surface area contributed by atoms with E-state index in [1.54, 1.807) is 0 Å². The standard InChI is InChI=1S/C18H36N4O2/c1-3-22(17-5-6-17)11-10-21-18(19-2)20-9-4-12-24-15-16-7-13-23-14-8-16/h16-17H,3-15H2,1-2H3,(H2,19,20,21). The smallest absolute Gasteiger partial charge is 0.191 e. The summed E-state index contributed by atoms with van der Waals surface area (Å²) in [5.41, 5.74) is 0. The van der Waals surface area contributed by atoms with Crippen molar-refractivity contribution in [2.24, 2.45) is 10.9 Å². The first-order valence-corrected chi connectivity index (χ1v) is 9.67. The Morgan fingerprint density at radius 2 is 1.92 bits per heavy atom. The zero-order valence-electron chi connectivity index (χ0n) is 15.6. The lowest BCUT2D eigenvalue weighted by molar-refractivity contribution is 0.0203. The lowest BCUT2D eigenvalue weighted by Gasteiger charge is -2.22. The summed E-state index contributed by atoms with van der Waals surface area (Å²) in [4.78, 5) is 6.83. The molecule has 0 spiro atoms. The van der Waals surface area contributed by atoms with Gasteiger partial charge in [-0.3, -0.25) is 9.89 Å². The van der Waals surface area contributed by atoms with Gasteiger partial charge in [0.1, 0.15) is 0 Å². The highest BCUT2D eigenvalue weighted by Gasteiger charge is 2.27. The van der Waals surface area contributed by atoms with Crippen molar-refractivity contribution in [2.75, 3.05) is 59.7 Å². The van der Waals surface area contributed by atoms with Gasteiger partial charge in [0, 0.05) is 59.2 Å². The molecule has 1 heterocycles. The molecule has 1 aliphatic heterocycles. The summed E-state index contributed by atoms with van der Waals surface area (Å²) in [6.45, 7) is 9.81. The van der Waals surface area contributed by atoms with Crippen LogP contribution in [0.2, 0.25) is 0 Å². The van der Waals surface area contributed by atoms with E-state index in [-0.39, 0.29) is 0 Å². The number of likely N-dealkylation sites (N-methyl/N-ethyl adjacent to an activating group) is 1. The molecule has 2 aliphatic rings. The van der Waals surface area contributed by atoms with Crippen molar-refractivity contribution in [1.82, 2.24) is 15.5 Å². The molecule has 0 aromatic carbocycles. The quantitative estimate of drug-likeness (QED) is 0.339. The molecule has 1 saturated carbocycles. The number of rotatable bonds is 11. The van der Waals surface area contributed by atoms with Crippen molar-refractivity contribution >= 4 is 5.96 Å². The molecule has 0 aromatic heterocycles. The topological polar surface area (TPSA) is 58.1 Å². The first-order valence-electron chi connectivity index (χ1n) is 9.67. The van der Waals surface area contributed by atoms with Gasteiger partial charge in [0.2, 0.25) is 0 Å². The van der Waals surface area contributed by atoms with E-state index in [0.717, 1.165) is 83.9 Å². The number of hydrogen-bond donors (Lipinski definition) is 2. The molecule has 0 unspecified atom stereocenters. The molecule has 2 N–H and O–H groups in total. The highest BCUT2D eigenvalue weighted by molar-refractivity contribution is 5.79. The number of aliphatic imine (C=N–C) groups is 1. The molecule has 140 valence electrons. The van der Waals surface area contributed by atoms with Gasteiger partial charge in [0.05, 0.1) is 0 Å². The fourth-order valence-corrected chi connectivity index (χ4v) is 3.12. The fourth-order valence-electron chi connectivity index (χ4n) is 3.12. The maximum Gasteiger partial charge on any atom is 0.191 e. The van der Waals surface area contributed by atoms with E-state index in [0.29, 0.717) is 5.92 Å². The average molecular weight is 341 g/mol. The third kappa shape index (κ3) is 7.81. The molecule has 24 heavy (non-hydrogen) atoms. The summed E-state index contributed by atoms with van der Waals surface area (Å²) in [7, 11) is 1.83. The molecule has 6 heteroatoms. The third-order valence-electron chi connectivity index (χ3n) is 4.84. The Bertz CT molecular complexity index is 355. The Balaban J connectivity index is 1.44. The van der Waals surface area contributed by atoms with Crippen molar-refractivity contribution in [3.8, 4) is 0 Å². The number of nitrogens with one attached hydrogen (secondary N) is 2. The highest BCUT2D eigenvalue weighted by Crippen LogP contribution is 2.25. The maximum absolute atomic E-state index is 5.79. The molecule has 1 saturated heterocycles. The average Bonchev–Trinajstić information content (AvgIpc) is 3.45. The molecule has 0 bridgehead atoms. The molecule has 0 radical (unpaired) electrons. The van der Waals surface area contributed by atoms with E-state index >= 15 is 0 Å². The maximum atomic E-state index is 5.79. The summed E-state index contributed by atoms with van der Waals surface area (Å²) in [6.07, 6.45) is 6.03. The van der Waals surface area contributed by atoms with Crippen molar-refractivity contribution in [3.05, 3.63) is 0 Å². The van der Waals surface area contributed by atoms with Crippen LogP contribution in [0.15, 0.2) is 4.99 Å². The molecule has 6 nitrogen and oxygen atoms in total. The van der Waals surface area contributed by atoms with Crippen molar-refractivity contribution < 1.29 is 9.47 Å². The summed E-state index contributed by atoms with van der Waals surface area (Å²) in [6, 6.07) is 0.833. The molecular weight excluding hydrogens is 304 g/mol.